The second-order valence-corrected chi connectivity index (χ2v) is 8.50. The molecule has 0 bridgehead atoms. The van der Waals surface area contributed by atoms with Crippen LogP contribution >= 0.6 is 0 Å². The van der Waals surface area contributed by atoms with Gasteiger partial charge in [-0.15, -0.1) is 0 Å². The average molecular weight is 497 g/mol. The molecule has 0 fully saturated rings. The lowest BCUT2D eigenvalue weighted by Gasteiger charge is -2.23. The average Bonchev–Trinajstić information content (AvgIpc) is 3.56. The lowest BCUT2D eigenvalue weighted by molar-refractivity contribution is 0.661. The fraction of sp³-hybridized carbons (Fsp3) is 0.0811. The first-order valence-electron chi connectivity index (χ1n) is 24.0. The summed E-state index contributed by atoms with van der Waals surface area (Å²) in [6.07, 6.45) is 0. The predicted molar refractivity (Wildman–Crippen MR) is 159 cm³/mol. The van der Waals surface area contributed by atoms with E-state index in [4.69, 9.17) is 26.0 Å². The van der Waals surface area contributed by atoms with Crippen molar-refractivity contribution < 1.29 is 35.6 Å². The highest BCUT2D eigenvalue weighted by molar-refractivity contribution is 6.20. The van der Waals surface area contributed by atoms with E-state index in [0.29, 0.717) is 0 Å². The van der Waals surface area contributed by atoms with E-state index in [1.165, 1.54) is 0 Å². The van der Waals surface area contributed by atoms with Gasteiger partial charge >= 0.3 is 0 Å². The van der Waals surface area contributed by atoms with Crippen molar-refractivity contribution in [3.05, 3.63) is 132 Å². The van der Waals surface area contributed by atoms with Crippen LogP contribution in [0, 0.1) is 0 Å². The summed E-state index contributed by atoms with van der Waals surface area (Å²) in [5, 5.41) is -5.36. The third kappa shape index (κ3) is 2.84. The fourth-order valence-corrected chi connectivity index (χ4v) is 4.78. The van der Waals surface area contributed by atoms with E-state index < -0.39 is 216 Å². The molecule has 0 heteroatoms. The molecule has 37 heavy (non-hydrogen) atoms. The third-order valence-electron chi connectivity index (χ3n) is 6.44. The van der Waals surface area contributed by atoms with Crippen LogP contribution in [0.25, 0.3) is 65.3 Å². The summed E-state index contributed by atoms with van der Waals surface area (Å²) in [5.41, 5.74) is -9.24. The van der Waals surface area contributed by atoms with Crippen LogP contribution in [0.4, 0.5) is 0 Å². The first-order chi connectivity index (χ1) is 29.0. The van der Waals surface area contributed by atoms with Crippen LogP contribution in [0.2, 0.25) is 0 Å². The van der Waals surface area contributed by atoms with Gasteiger partial charge in [-0.25, -0.2) is 0 Å². The highest BCUT2D eigenvalue weighted by Crippen LogP contribution is 2.51. The molecular weight excluding hydrogens is 444 g/mol. The number of benzene rings is 7. The Hall–Kier alpha value is -4.42. The molecule has 0 amide bonds. The summed E-state index contributed by atoms with van der Waals surface area (Å²) in [4.78, 5) is 0. The van der Waals surface area contributed by atoms with Gasteiger partial charge in [0, 0.05) is 13.6 Å². The molecule has 0 atom stereocenters. The monoisotopic (exact) mass is 496 g/mol. The van der Waals surface area contributed by atoms with Crippen molar-refractivity contribution >= 4 is 43.1 Å². The Morgan fingerprint density at radius 1 is 0.486 bits per heavy atom. The van der Waals surface area contributed by atoms with E-state index in [1.807, 2.05) is 0 Å². The molecule has 8 rings (SSSR count). The number of hydrogen-bond acceptors (Lipinski definition) is 0. The van der Waals surface area contributed by atoms with Crippen LogP contribution in [0.15, 0.2) is 121 Å². The molecule has 0 spiro atoms. The third-order valence-corrected chi connectivity index (χ3v) is 6.44. The molecule has 1 aliphatic rings. The van der Waals surface area contributed by atoms with Crippen molar-refractivity contribution in [2.75, 3.05) is 0 Å². The molecule has 0 heterocycles. The number of hydrogen-bond donors (Lipinski definition) is 0. The van der Waals surface area contributed by atoms with E-state index >= 15 is 0 Å². The molecule has 0 saturated heterocycles. The zero-order chi connectivity index (χ0) is 47.1. The minimum absolute atomic E-state index is 0.584. The van der Waals surface area contributed by atoms with Gasteiger partial charge in [-0.05, 0) is 101 Å². The Morgan fingerprint density at radius 3 is 1.97 bits per heavy atom. The molecule has 0 aliphatic heterocycles. The zero-order valence-corrected chi connectivity index (χ0v) is 18.5. The maximum atomic E-state index is 9.89. The lowest BCUT2D eigenvalue weighted by atomic mass is 9.80. The van der Waals surface area contributed by atoms with Crippen molar-refractivity contribution in [2.45, 2.75) is 19.1 Å². The second-order valence-electron chi connectivity index (χ2n) is 8.50. The van der Waals surface area contributed by atoms with Gasteiger partial charge in [-0.2, -0.15) is 0 Å². The Balaban J connectivity index is 1.76. The zero-order valence-electron chi connectivity index (χ0n) is 44.5. The van der Waals surface area contributed by atoms with Gasteiger partial charge in [0.05, 0.1) is 27.4 Å². The summed E-state index contributed by atoms with van der Waals surface area (Å²) in [6, 6.07) is -19.1. The molecule has 7 aromatic carbocycles. The van der Waals surface area contributed by atoms with Gasteiger partial charge in [-0.3, -0.25) is 0 Å². The topological polar surface area (TPSA) is 0 Å². The van der Waals surface area contributed by atoms with E-state index in [-0.39, 0.29) is 0 Å². The standard InChI is InChI=1S/C37H26/c1-37(2)34-22-27(16-17-30(34)33-19-24-10-3-4-11-25(24)21-35(33)37)36-29-14-8-6-12-26(29)20-32-28-13-7-5-9-23(28)15-18-31(32)36/h3-22H,1-2H3/i1D3,2D3,3D,4D,5D,6D,7D,8D,9D,10D,11D,12D,13D,14D,15D,16D,17D,18D,19D,20D,21D,22D. The number of fused-ring (bicyclic) bond motifs is 8. The Labute approximate surface area is 253 Å². The highest BCUT2D eigenvalue weighted by Gasteiger charge is 2.36. The van der Waals surface area contributed by atoms with Crippen LogP contribution in [0.1, 0.15) is 60.5 Å². The molecule has 7 aromatic rings. The van der Waals surface area contributed by atoms with Gasteiger partial charge in [-0.1, -0.05) is 110 Å². The van der Waals surface area contributed by atoms with Crippen LogP contribution in [-0.2, 0) is 5.41 Å². The number of rotatable bonds is 1. The fourth-order valence-electron chi connectivity index (χ4n) is 4.78. The van der Waals surface area contributed by atoms with Gasteiger partial charge in [0.15, 0.2) is 0 Å². The normalized spacial score (nSPS) is 24.5. The summed E-state index contributed by atoms with van der Waals surface area (Å²) in [5.74, 6) is 0. The van der Waals surface area contributed by atoms with E-state index in [2.05, 4.69) is 0 Å². The minimum Gasteiger partial charge on any atom is -0.0616 e. The summed E-state index contributed by atoms with van der Waals surface area (Å²) >= 11 is 0. The molecule has 0 radical (unpaired) electrons. The van der Waals surface area contributed by atoms with Crippen LogP contribution in [-0.4, -0.2) is 0 Å². The van der Waals surface area contributed by atoms with Gasteiger partial charge in [0.1, 0.15) is 0 Å². The second kappa shape index (κ2) is 7.31. The summed E-state index contributed by atoms with van der Waals surface area (Å²) in [6.45, 7) is -7.79. The van der Waals surface area contributed by atoms with Crippen molar-refractivity contribution in [3.63, 3.8) is 0 Å². The first-order valence-corrected chi connectivity index (χ1v) is 11.0. The molecule has 0 nitrogen and oxygen atoms in total. The Kier molecular flexibility index (Phi) is 1.49. The SMILES string of the molecule is [2H]c1c([2H])c2c(c([2H])c1-c1c3c([2H])c([2H])c([2H])c([2H])c3c([2H])c3c1c([2H])c([2H])c1c([2H])c([2H])c([2H])c([2H])c13)C(C([2H])([2H])[2H])(C([2H])([2H])[2H])c1c-2c([2H])c2c([2H])c([2H])c([2H])c([2H])c2c1[2H]. The maximum Gasteiger partial charge on any atom is 0.0636 e. The van der Waals surface area contributed by atoms with E-state index in [9.17, 15) is 9.60 Å². The largest absolute Gasteiger partial charge is 0.0636 e. The lowest BCUT2D eigenvalue weighted by Crippen LogP contribution is -2.15. The predicted octanol–water partition coefficient (Wildman–Crippen LogP) is 10.3. The van der Waals surface area contributed by atoms with Crippen molar-refractivity contribution in [2.24, 2.45) is 0 Å². The van der Waals surface area contributed by atoms with Crippen LogP contribution < -0.4 is 0 Å². The summed E-state index contributed by atoms with van der Waals surface area (Å²) < 4.78 is 232. The molecule has 1 aliphatic carbocycles. The van der Waals surface area contributed by atoms with Crippen LogP contribution in [0.3, 0.4) is 0 Å². The quantitative estimate of drug-likeness (QED) is 0.157. The molecular formula is C37H26. The summed E-state index contributed by atoms with van der Waals surface area (Å²) in [7, 11) is 0. The Bertz CT molecular complexity index is 3340. The van der Waals surface area contributed by atoms with Crippen molar-refractivity contribution in [1.82, 2.24) is 0 Å². The first kappa shape index (κ1) is 7.55. The molecule has 0 N–H and O–H groups in total. The van der Waals surface area contributed by atoms with E-state index in [1.54, 1.807) is 0 Å². The van der Waals surface area contributed by atoms with Gasteiger partial charge in [0.25, 0.3) is 0 Å². The van der Waals surface area contributed by atoms with E-state index in [0.717, 1.165) is 0 Å². The van der Waals surface area contributed by atoms with Gasteiger partial charge in [0.2, 0.25) is 0 Å². The highest BCUT2D eigenvalue weighted by atomic mass is 14.4. The molecule has 0 unspecified atom stereocenters. The molecule has 174 valence electrons. The minimum atomic E-state index is -3.89. The molecule has 0 saturated carbocycles. The van der Waals surface area contributed by atoms with Crippen LogP contribution in [0.5, 0.6) is 0 Å². The molecule has 0 aromatic heterocycles. The van der Waals surface area contributed by atoms with Gasteiger partial charge < -0.3 is 0 Å². The smallest absolute Gasteiger partial charge is 0.0616 e. The maximum absolute atomic E-state index is 9.89. The van der Waals surface area contributed by atoms with Crippen molar-refractivity contribution in [1.29, 1.82) is 0 Å². The Morgan fingerprint density at radius 2 is 1.16 bits per heavy atom. The van der Waals surface area contributed by atoms with Crippen molar-refractivity contribution in [3.8, 4) is 22.3 Å².